The Morgan fingerprint density at radius 2 is 2.50 bits per heavy atom. The maximum atomic E-state index is 11.3. The summed E-state index contributed by atoms with van der Waals surface area (Å²) in [7, 11) is 0. The summed E-state index contributed by atoms with van der Waals surface area (Å²) < 4.78 is 10.2. The predicted octanol–water partition coefficient (Wildman–Crippen LogP) is 0.707. The van der Waals surface area contributed by atoms with Crippen molar-refractivity contribution < 1.29 is 14.3 Å². The number of esters is 1. The fourth-order valence-corrected chi connectivity index (χ4v) is 1.56. The molecule has 1 saturated heterocycles. The quantitative estimate of drug-likeness (QED) is 0.680. The minimum Gasteiger partial charge on any atom is -0.465 e. The van der Waals surface area contributed by atoms with Crippen LogP contribution >= 0.6 is 0 Å². The molecule has 0 bridgehead atoms. The average Bonchev–Trinajstić information content (AvgIpc) is 2.19. The van der Waals surface area contributed by atoms with Crippen molar-refractivity contribution in [3.05, 3.63) is 0 Å². The summed E-state index contributed by atoms with van der Waals surface area (Å²) in [5, 5.41) is 3.20. The molecule has 0 radical (unpaired) electrons. The fourth-order valence-electron chi connectivity index (χ4n) is 1.56. The third kappa shape index (κ3) is 3.64. The lowest BCUT2D eigenvalue weighted by Gasteiger charge is -2.25. The Bertz CT molecular complexity index is 178. The van der Waals surface area contributed by atoms with Crippen LogP contribution in [0, 0.1) is 0 Å². The van der Waals surface area contributed by atoms with Crippen molar-refractivity contribution in [2.45, 2.75) is 38.8 Å². The first-order valence-corrected chi connectivity index (χ1v) is 5.24. The molecule has 14 heavy (non-hydrogen) atoms. The normalized spacial score (nSPS) is 24.3. The summed E-state index contributed by atoms with van der Waals surface area (Å²) in [6, 6.07) is 0.0600. The van der Waals surface area contributed by atoms with Crippen LogP contribution in [0.2, 0.25) is 0 Å². The maximum Gasteiger partial charge on any atom is 0.322 e. The lowest BCUT2D eigenvalue weighted by atomic mass is 10.1. The molecule has 1 fully saturated rings. The first kappa shape index (κ1) is 11.5. The molecule has 82 valence electrons. The molecule has 1 N–H and O–H groups in total. The molecule has 2 unspecified atom stereocenters. The van der Waals surface area contributed by atoms with Crippen LogP contribution in [0.25, 0.3) is 0 Å². The van der Waals surface area contributed by atoms with Crippen molar-refractivity contribution in [2.24, 2.45) is 0 Å². The van der Waals surface area contributed by atoms with Gasteiger partial charge < -0.3 is 9.47 Å². The number of carbonyl (C=O) groups excluding carboxylic acids is 1. The predicted molar refractivity (Wildman–Crippen MR) is 53.1 cm³/mol. The second kappa shape index (κ2) is 5.98. The zero-order chi connectivity index (χ0) is 10.4. The van der Waals surface area contributed by atoms with Gasteiger partial charge >= 0.3 is 5.97 Å². The Labute approximate surface area is 85.0 Å². The Hall–Kier alpha value is -0.610. The molecule has 0 aromatic carbocycles. The van der Waals surface area contributed by atoms with Gasteiger partial charge in [0.2, 0.25) is 0 Å². The van der Waals surface area contributed by atoms with Crippen LogP contribution < -0.4 is 5.32 Å². The van der Waals surface area contributed by atoms with Gasteiger partial charge in [-0.25, -0.2) is 0 Å². The molecule has 1 aliphatic heterocycles. The molecule has 1 aliphatic rings. The highest BCUT2D eigenvalue weighted by Crippen LogP contribution is 2.06. The highest BCUT2D eigenvalue weighted by atomic mass is 16.5. The Morgan fingerprint density at radius 3 is 3.07 bits per heavy atom. The van der Waals surface area contributed by atoms with E-state index in [2.05, 4.69) is 5.32 Å². The third-order valence-electron chi connectivity index (χ3n) is 2.29. The van der Waals surface area contributed by atoms with E-state index < -0.39 is 0 Å². The average molecular weight is 201 g/mol. The first-order valence-electron chi connectivity index (χ1n) is 5.24. The molecular weight excluding hydrogens is 182 g/mol. The van der Waals surface area contributed by atoms with Gasteiger partial charge in [0.1, 0.15) is 6.04 Å². The molecule has 0 saturated carbocycles. The lowest BCUT2D eigenvalue weighted by Crippen LogP contribution is -2.45. The second-order valence-corrected chi connectivity index (χ2v) is 3.55. The topological polar surface area (TPSA) is 47.6 Å². The second-order valence-electron chi connectivity index (χ2n) is 3.55. The Kier molecular flexibility index (Phi) is 4.90. The first-order chi connectivity index (χ1) is 6.74. The van der Waals surface area contributed by atoms with Crippen molar-refractivity contribution in [2.75, 3.05) is 19.8 Å². The van der Waals surface area contributed by atoms with Crippen LogP contribution in [-0.2, 0) is 14.3 Å². The molecule has 0 aliphatic carbocycles. The van der Waals surface area contributed by atoms with E-state index in [1.54, 1.807) is 0 Å². The maximum absolute atomic E-state index is 11.3. The Balaban J connectivity index is 2.24. The highest BCUT2D eigenvalue weighted by molar-refractivity contribution is 5.75. The van der Waals surface area contributed by atoms with Crippen LogP contribution in [0.5, 0.6) is 0 Å². The van der Waals surface area contributed by atoms with E-state index in [0.29, 0.717) is 19.3 Å². The summed E-state index contributed by atoms with van der Waals surface area (Å²) in [4.78, 5) is 11.3. The Morgan fingerprint density at radius 1 is 1.71 bits per heavy atom. The van der Waals surface area contributed by atoms with Crippen LogP contribution in [0.15, 0.2) is 0 Å². The molecular formula is C10H19NO3. The largest absolute Gasteiger partial charge is 0.465 e. The van der Waals surface area contributed by atoms with Crippen LogP contribution in [-0.4, -0.2) is 37.9 Å². The number of carbonyl (C=O) groups is 1. The molecule has 1 heterocycles. The summed E-state index contributed by atoms with van der Waals surface area (Å²) in [5.74, 6) is -0.182. The van der Waals surface area contributed by atoms with Crippen LogP contribution in [0.1, 0.15) is 26.7 Å². The van der Waals surface area contributed by atoms with E-state index in [9.17, 15) is 4.79 Å². The number of hydrogen-bond acceptors (Lipinski definition) is 4. The summed E-state index contributed by atoms with van der Waals surface area (Å²) in [5.41, 5.74) is 0. The molecule has 0 aromatic heterocycles. The van der Waals surface area contributed by atoms with E-state index in [1.165, 1.54) is 0 Å². The number of nitrogens with one attached hydrogen (secondary N) is 1. The van der Waals surface area contributed by atoms with Gasteiger partial charge in [0.25, 0.3) is 0 Å². The zero-order valence-corrected chi connectivity index (χ0v) is 8.91. The van der Waals surface area contributed by atoms with Gasteiger partial charge in [0.05, 0.1) is 13.2 Å². The summed E-state index contributed by atoms with van der Waals surface area (Å²) >= 11 is 0. The van der Waals surface area contributed by atoms with Crippen molar-refractivity contribution in [3.63, 3.8) is 0 Å². The van der Waals surface area contributed by atoms with Gasteiger partial charge in [-0.15, -0.1) is 0 Å². The minimum absolute atomic E-state index is 0.182. The smallest absolute Gasteiger partial charge is 0.322 e. The number of rotatable bonds is 4. The van der Waals surface area contributed by atoms with E-state index in [4.69, 9.17) is 9.47 Å². The molecule has 0 spiro atoms. The van der Waals surface area contributed by atoms with E-state index in [1.807, 2.05) is 13.8 Å². The monoisotopic (exact) mass is 201 g/mol. The SMILES string of the molecule is CCOC(=O)C(C)NC1CCCOC1. The zero-order valence-electron chi connectivity index (χ0n) is 8.91. The molecule has 0 amide bonds. The van der Waals surface area contributed by atoms with Crippen LogP contribution in [0.3, 0.4) is 0 Å². The minimum atomic E-state index is -0.235. The summed E-state index contributed by atoms with van der Waals surface area (Å²) in [6.45, 7) is 5.61. The molecule has 2 atom stereocenters. The van der Waals surface area contributed by atoms with Gasteiger partial charge in [-0.05, 0) is 26.7 Å². The van der Waals surface area contributed by atoms with E-state index in [-0.39, 0.29) is 12.0 Å². The third-order valence-corrected chi connectivity index (χ3v) is 2.29. The fraction of sp³-hybridized carbons (Fsp3) is 0.900. The van der Waals surface area contributed by atoms with Gasteiger partial charge in [-0.2, -0.15) is 0 Å². The van der Waals surface area contributed by atoms with E-state index >= 15 is 0 Å². The summed E-state index contributed by atoms with van der Waals surface area (Å²) in [6.07, 6.45) is 2.14. The molecule has 4 nitrogen and oxygen atoms in total. The number of ether oxygens (including phenoxy) is 2. The molecule has 4 heteroatoms. The van der Waals surface area contributed by atoms with Crippen LogP contribution in [0.4, 0.5) is 0 Å². The van der Waals surface area contributed by atoms with Crippen molar-refractivity contribution in [1.29, 1.82) is 0 Å². The van der Waals surface area contributed by atoms with Gasteiger partial charge in [-0.3, -0.25) is 10.1 Å². The van der Waals surface area contributed by atoms with E-state index in [0.717, 1.165) is 19.4 Å². The van der Waals surface area contributed by atoms with Gasteiger partial charge in [-0.1, -0.05) is 0 Å². The number of hydrogen-bond donors (Lipinski definition) is 1. The van der Waals surface area contributed by atoms with Gasteiger partial charge in [0.15, 0.2) is 0 Å². The molecule has 1 rings (SSSR count). The lowest BCUT2D eigenvalue weighted by molar-refractivity contribution is -0.145. The van der Waals surface area contributed by atoms with Crippen molar-refractivity contribution >= 4 is 5.97 Å². The van der Waals surface area contributed by atoms with Crippen molar-refractivity contribution in [3.8, 4) is 0 Å². The standard InChI is InChI=1S/C10H19NO3/c1-3-14-10(12)8(2)11-9-5-4-6-13-7-9/h8-9,11H,3-7H2,1-2H3. The van der Waals surface area contributed by atoms with Crippen molar-refractivity contribution in [1.82, 2.24) is 5.32 Å². The highest BCUT2D eigenvalue weighted by Gasteiger charge is 2.20. The van der Waals surface area contributed by atoms with Gasteiger partial charge in [0, 0.05) is 12.6 Å². The molecule has 0 aromatic rings.